The zero-order valence-electron chi connectivity index (χ0n) is 11.3. The molecule has 2 aromatic rings. The van der Waals surface area contributed by atoms with Crippen LogP contribution in [0.25, 0.3) is 11.3 Å². The van der Waals surface area contributed by atoms with Gasteiger partial charge in [-0.1, -0.05) is 0 Å². The van der Waals surface area contributed by atoms with Crippen molar-refractivity contribution in [2.24, 2.45) is 0 Å². The van der Waals surface area contributed by atoms with Gasteiger partial charge in [-0.2, -0.15) is 0 Å². The van der Waals surface area contributed by atoms with Gasteiger partial charge in [0.2, 0.25) is 0 Å². The molecule has 1 aliphatic rings. The molecule has 3 rings (SSSR count). The van der Waals surface area contributed by atoms with Crippen LogP contribution in [-0.2, 0) is 6.42 Å². The number of nitrogens with one attached hydrogen (secondary N) is 1. The van der Waals surface area contributed by atoms with E-state index < -0.39 is 17.5 Å². The highest BCUT2D eigenvalue weighted by Crippen LogP contribution is 2.26. The van der Waals surface area contributed by atoms with Gasteiger partial charge in [0, 0.05) is 12.5 Å². The molecule has 6 heteroatoms. The first kappa shape index (κ1) is 14.1. The van der Waals surface area contributed by atoms with E-state index in [4.69, 9.17) is 4.42 Å². The lowest BCUT2D eigenvalue weighted by Gasteiger charge is -2.01. The van der Waals surface area contributed by atoms with Crippen LogP contribution in [0, 0.1) is 17.5 Å². The molecular formula is C15H15F3N2O. The molecule has 21 heavy (non-hydrogen) atoms. The van der Waals surface area contributed by atoms with Gasteiger partial charge in [0.25, 0.3) is 0 Å². The van der Waals surface area contributed by atoms with Crippen LogP contribution in [0.5, 0.6) is 0 Å². The largest absolute Gasteiger partial charge is 0.441 e. The summed E-state index contributed by atoms with van der Waals surface area (Å²) in [4.78, 5) is 4.04. The molecule has 112 valence electrons. The van der Waals surface area contributed by atoms with Gasteiger partial charge >= 0.3 is 0 Å². The van der Waals surface area contributed by atoms with Crippen molar-refractivity contribution in [3.8, 4) is 11.3 Å². The second-order valence-corrected chi connectivity index (χ2v) is 5.17. The summed E-state index contributed by atoms with van der Waals surface area (Å²) in [5, 5.41) is 3.37. The third-order valence-corrected chi connectivity index (χ3v) is 3.43. The summed E-state index contributed by atoms with van der Waals surface area (Å²) >= 11 is 0. The molecule has 1 aromatic carbocycles. The highest BCUT2D eigenvalue weighted by Gasteiger charge is 2.20. The smallest absolute Gasteiger partial charge is 0.195 e. The van der Waals surface area contributed by atoms with Gasteiger partial charge in [-0.3, -0.25) is 0 Å². The Morgan fingerprint density at radius 2 is 2.00 bits per heavy atom. The Morgan fingerprint density at radius 3 is 2.76 bits per heavy atom. The minimum absolute atomic E-state index is 0.108. The predicted octanol–water partition coefficient (Wildman–Crippen LogP) is 3.44. The third-order valence-electron chi connectivity index (χ3n) is 3.43. The number of halogens is 3. The summed E-state index contributed by atoms with van der Waals surface area (Å²) in [5.41, 5.74) is -0.122. The maximum atomic E-state index is 13.6. The van der Waals surface area contributed by atoms with E-state index in [1.807, 2.05) is 0 Å². The molecule has 0 spiro atoms. The molecule has 1 N–H and O–H groups in total. The van der Waals surface area contributed by atoms with Gasteiger partial charge < -0.3 is 9.73 Å². The molecule has 1 heterocycles. The molecule has 0 saturated heterocycles. The lowest BCUT2D eigenvalue weighted by atomic mass is 10.1. The quantitative estimate of drug-likeness (QED) is 0.655. The fourth-order valence-corrected chi connectivity index (χ4v) is 2.10. The Kier molecular flexibility index (Phi) is 3.96. The monoisotopic (exact) mass is 296 g/mol. The van der Waals surface area contributed by atoms with Crippen molar-refractivity contribution in [3.05, 3.63) is 41.7 Å². The standard InChI is InChI=1S/C15H15F3N2O/c16-11-6-5-10(14(17)15(11)18)12-8-20-13(21-12)2-1-7-19-9-3-4-9/h5-6,8-9,19H,1-4,7H2. The van der Waals surface area contributed by atoms with E-state index in [-0.39, 0.29) is 11.3 Å². The number of oxazole rings is 1. The number of rotatable bonds is 6. The third kappa shape index (κ3) is 3.26. The zero-order valence-corrected chi connectivity index (χ0v) is 11.3. The second-order valence-electron chi connectivity index (χ2n) is 5.17. The number of hydrogen-bond acceptors (Lipinski definition) is 3. The maximum absolute atomic E-state index is 13.6. The van der Waals surface area contributed by atoms with Crippen LogP contribution in [0.2, 0.25) is 0 Å². The SMILES string of the molecule is Fc1ccc(-c2cnc(CCCNC3CC3)o2)c(F)c1F. The Labute approximate surface area is 120 Å². The molecule has 1 fully saturated rings. The summed E-state index contributed by atoms with van der Waals surface area (Å²) < 4.78 is 45.1. The molecule has 1 aromatic heterocycles. The Morgan fingerprint density at radius 1 is 1.19 bits per heavy atom. The first-order valence-electron chi connectivity index (χ1n) is 6.97. The Balaban J connectivity index is 1.65. The maximum Gasteiger partial charge on any atom is 0.195 e. The lowest BCUT2D eigenvalue weighted by Crippen LogP contribution is -2.17. The van der Waals surface area contributed by atoms with E-state index in [1.54, 1.807) is 0 Å². The van der Waals surface area contributed by atoms with Crippen LogP contribution in [0.3, 0.4) is 0 Å². The van der Waals surface area contributed by atoms with E-state index in [0.717, 1.165) is 25.1 Å². The first-order valence-corrected chi connectivity index (χ1v) is 6.97. The van der Waals surface area contributed by atoms with Crippen molar-refractivity contribution in [3.63, 3.8) is 0 Å². The van der Waals surface area contributed by atoms with Crippen molar-refractivity contribution in [1.29, 1.82) is 0 Å². The number of benzene rings is 1. The first-order chi connectivity index (χ1) is 10.1. The summed E-state index contributed by atoms with van der Waals surface area (Å²) in [6, 6.07) is 2.67. The molecule has 0 bridgehead atoms. The minimum atomic E-state index is -1.50. The summed E-state index contributed by atoms with van der Waals surface area (Å²) in [5.74, 6) is -3.40. The Hall–Kier alpha value is -1.82. The van der Waals surface area contributed by atoms with E-state index in [2.05, 4.69) is 10.3 Å². The van der Waals surface area contributed by atoms with E-state index >= 15 is 0 Å². The van der Waals surface area contributed by atoms with Crippen LogP contribution in [-0.4, -0.2) is 17.6 Å². The van der Waals surface area contributed by atoms with Crippen LogP contribution in [0.15, 0.2) is 22.7 Å². The van der Waals surface area contributed by atoms with Crippen LogP contribution < -0.4 is 5.32 Å². The van der Waals surface area contributed by atoms with E-state index in [0.29, 0.717) is 18.4 Å². The number of nitrogens with zero attached hydrogens (tertiary/aromatic N) is 1. The molecule has 1 aliphatic carbocycles. The molecular weight excluding hydrogens is 281 g/mol. The lowest BCUT2D eigenvalue weighted by molar-refractivity contribution is 0.443. The number of aromatic nitrogens is 1. The molecule has 3 nitrogen and oxygen atoms in total. The van der Waals surface area contributed by atoms with E-state index in [9.17, 15) is 13.2 Å². The van der Waals surface area contributed by atoms with Gasteiger partial charge in [-0.25, -0.2) is 18.2 Å². The fourth-order valence-electron chi connectivity index (χ4n) is 2.10. The van der Waals surface area contributed by atoms with Crippen molar-refractivity contribution >= 4 is 0 Å². The molecule has 0 unspecified atom stereocenters. The van der Waals surface area contributed by atoms with Gasteiger partial charge in [0.15, 0.2) is 29.1 Å². The molecule has 0 amide bonds. The normalized spacial score (nSPS) is 14.6. The zero-order chi connectivity index (χ0) is 14.8. The van der Waals surface area contributed by atoms with Gasteiger partial charge in [0.05, 0.1) is 11.8 Å². The molecule has 0 radical (unpaired) electrons. The van der Waals surface area contributed by atoms with E-state index in [1.165, 1.54) is 19.0 Å². The van der Waals surface area contributed by atoms with Crippen molar-refractivity contribution in [2.45, 2.75) is 31.7 Å². The van der Waals surface area contributed by atoms with Crippen LogP contribution in [0.4, 0.5) is 13.2 Å². The summed E-state index contributed by atoms with van der Waals surface area (Å²) in [7, 11) is 0. The second kappa shape index (κ2) is 5.89. The van der Waals surface area contributed by atoms with Gasteiger partial charge in [0.1, 0.15) is 0 Å². The topological polar surface area (TPSA) is 38.1 Å². The highest BCUT2D eigenvalue weighted by atomic mass is 19.2. The Bertz CT molecular complexity index is 638. The van der Waals surface area contributed by atoms with Crippen molar-refractivity contribution in [2.75, 3.05) is 6.54 Å². The van der Waals surface area contributed by atoms with Crippen molar-refractivity contribution < 1.29 is 17.6 Å². The van der Waals surface area contributed by atoms with Crippen LogP contribution in [0.1, 0.15) is 25.2 Å². The average Bonchev–Trinajstić information content (AvgIpc) is 3.19. The summed E-state index contributed by atoms with van der Waals surface area (Å²) in [6.07, 6.45) is 5.28. The fraction of sp³-hybridized carbons (Fsp3) is 0.400. The van der Waals surface area contributed by atoms with Gasteiger partial charge in [-0.15, -0.1) is 0 Å². The molecule has 1 saturated carbocycles. The van der Waals surface area contributed by atoms with Crippen LogP contribution >= 0.6 is 0 Å². The predicted molar refractivity (Wildman–Crippen MR) is 71.2 cm³/mol. The molecule has 0 aliphatic heterocycles. The highest BCUT2D eigenvalue weighted by molar-refractivity contribution is 5.57. The van der Waals surface area contributed by atoms with Gasteiger partial charge in [-0.05, 0) is 37.9 Å². The average molecular weight is 296 g/mol. The number of hydrogen-bond donors (Lipinski definition) is 1. The minimum Gasteiger partial charge on any atom is -0.441 e. The molecule has 0 atom stereocenters. The number of aryl methyl sites for hydroxylation is 1. The summed E-state index contributed by atoms with van der Waals surface area (Å²) in [6.45, 7) is 0.877. The van der Waals surface area contributed by atoms with Crippen molar-refractivity contribution in [1.82, 2.24) is 10.3 Å².